The van der Waals surface area contributed by atoms with Gasteiger partial charge in [-0.25, -0.2) is 14.6 Å². The molecule has 12 heteroatoms. The van der Waals surface area contributed by atoms with Crippen LogP contribution < -0.4 is 14.8 Å². The van der Waals surface area contributed by atoms with E-state index in [9.17, 15) is 22.8 Å². The number of aromatic nitrogens is 2. The fourth-order valence-electron chi connectivity index (χ4n) is 3.07. The van der Waals surface area contributed by atoms with Crippen LogP contribution in [0, 0.1) is 6.92 Å². The molecule has 1 N–H and O–H groups in total. The molecule has 2 aromatic heterocycles. The second-order valence-electron chi connectivity index (χ2n) is 8.47. The van der Waals surface area contributed by atoms with Crippen LogP contribution in [0.25, 0.3) is 10.4 Å². The van der Waals surface area contributed by atoms with E-state index in [2.05, 4.69) is 20.0 Å². The summed E-state index contributed by atoms with van der Waals surface area (Å²) in [7, 11) is 0. The second-order valence-corrected chi connectivity index (χ2v) is 9.77. The highest BCUT2D eigenvalue weighted by Crippen LogP contribution is 2.41. The molecule has 0 aliphatic carbocycles. The third kappa shape index (κ3) is 8.26. The van der Waals surface area contributed by atoms with Crippen LogP contribution in [0.5, 0.6) is 11.5 Å². The Morgan fingerprint density at radius 2 is 1.49 bits per heavy atom. The van der Waals surface area contributed by atoms with E-state index >= 15 is 0 Å². The van der Waals surface area contributed by atoms with Gasteiger partial charge in [-0.05, 0) is 62.7 Å². The predicted molar refractivity (Wildman–Crippen MR) is 144 cm³/mol. The summed E-state index contributed by atoms with van der Waals surface area (Å²) in [6, 6.07) is 20.2. The lowest BCUT2D eigenvalue weighted by atomic mass is 9.87. The number of nitrogens with one attached hydrogen (secondary N) is 1. The van der Waals surface area contributed by atoms with Crippen LogP contribution in [-0.4, -0.2) is 27.7 Å². The van der Waals surface area contributed by atoms with Crippen molar-refractivity contribution in [2.75, 3.05) is 5.32 Å². The van der Waals surface area contributed by atoms with Gasteiger partial charge in [0.05, 0.1) is 16.3 Å². The number of pyridine rings is 1. The molecule has 1 amide bonds. The van der Waals surface area contributed by atoms with Crippen molar-refractivity contribution in [3.05, 3.63) is 90.4 Å². The van der Waals surface area contributed by atoms with Crippen molar-refractivity contribution in [1.29, 1.82) is 0 Å². The lowest BCUT2D eigenvalue weighted by molar-refractivity contribution is -0.181. The Kier molecular flexibility index (Phi) is 9.66. The quantitative estimate of drug-likeness (QED) is 0.240. The highest BCUT2D eigenvalue weighted by molar-refractivity contribution is 7.19. The van der Waals surface area contributed by atoms with E-state index in [1.165, 1.54) is 12.3 Å². The molecule has 39 heavy (non-hydrogen) atoms. The monoisotopic (exact) mass is 577 g/mol. The number of halogens is 4. The Labute approximate surface area is 231 Å². The molecule has 0 aliphatic rings. The van der Waals surface area contributed by atoms with Gasteiger partial charge in [0, 0.05) is 17.8 Å². The number of aryl methyl sites for hydroxylation is 1. The highest BCUT2D eigenvalue weighted by Gasteiger charge is 2.49. The zero-order valence-corrected chi connectivity index (χ0v) is 22.5. The summed E-state index contributed by atoms with van der Waals surface area (Å²) in [5.74, 6) is 0.842. The maximum Gasteiger partial charge on any atom is 0.418 e. The summed E-state index contributed by atoms with van der Waals surface area (Å²) in [5.41, 5.74) is -1.87. The van der Waals surface area contributed by atoms with E-state index in [4.69, 9.17) is 16.3 Å². The van der Waals surface area contributed by atoms with Crippen molar-refractivity contribution in [3.8, 4) is 21.9 Å². The van der Waals surface area contributed by atoms with Crippen molar-refractivity contribution in [1.82, 2.24) is 9.97 Å². The fourth-order valence-corrected chi connectivity index (χ4v) is 4.10. The van der Waals surface area contributed by atoms with Gasteiger partial charge in [0.1, 0.15) is 16.9 Å². The maximum absolute atomic E-state index is 13.3. The lowest BCUT2D eigenvalue weighted by Gasteiger charge is -2.27. The van der Waals surface area contributed by atoms with E-state index < -0.39 is 23.1 Å². The summed E-state index contributed by atoms with van der Waals surface area (Å²) in [6.45, 7) is 3.89. The third-order valence-electron chi connectivity index (χ3n) is 5.27. The molecule has 0 atom stereocenters. The molecule has 0 saturated heterocycles. The lowest BCUT2D eigenvalue weighted by Crippen LogP contribution is -2.37. The Morgan fingerprint density at radius 1 is 0.923 bits per heavy atom. The molecule has 2 aromatic carbocycles. The van der Waals surface area contributed by atoms with Gasteiger partial charge in [-0.15, -0.1) is 0 Å². The van der Waals surface area contributed by atoms with Crippen molar-refractivity contribution in [3.63, 3.8) is 0 Å². The van der Waals surface area contributed by atoms with Crippen LogP contribution in [0.15, 0.2) is 79.0 Å². The van der Waals surface area contributed by atoms with Crippen LogP contribution >= 0.6 is 22.9 Å². The number of anilines is 1. The molecule has 0 saturated carbocycles. The predicted octanol–water partition coefficient (Wildman–Crippen LogP) is 8.39. The normalized spacial score (nSPS) is 11.2. The smallest absolute Gasteiger partial charge is 0.415 e. The minimum atomic E-state index is -4.44. The number of rotatable bonds is 5. The number of carbonyl (C=O) groups is 2. The summed E-state index contributed by atoms with van der Waals surface area (Å²) >= 11 is 6.10. The van der Waals surface area contributed by atoms with Gasteiger partial charge in [0.25, 0.3) is 0 Å². The maximum atomic E-state index is 13.3. The van der Waals surface area contributed by atoms with Gasteiger partial charge in [-0.2, -0.15) is 13.2 Å². The van der Waals surface area contributed by atoms with Crippen molar-refractivity contribution in [2.24, 2.45) is 0 Å². The summed E-state index contributed by atoms with van der Waals surface area (Å²) in [5, 5.41) is 2.83. The zero-order valence-electron chi connectivity index (χ0n) is 21.0. The number of alkyl halides is 3. The first kappa shape index (κ1) is 29.6. The number of thiazole rings is 1. The molecule has 4 rings (SSSR count). The minimum absolute atomic E-state index is 0.0895. The Morgan fingerprint density at radius 3 is 2.03 bits per heavy atom. The average molecular weight is 578 g/mol. The highest BCUT2D eigenvalue weighted by atomic mass is 35.5. The van der Waals surface area contributed by atoms with Crippen LogP contribution in [-0.2, 0) is 5.41 Å². The number of para-hydroxylation sites is 2. The molecule has 0 spiro atoms. The van der Waals surface area contributed by atoms with Gasteiger partial charge >= 0.3 is 17.7 Å². The van der Waals surface area contributed by atoms with E-state index in [0.29, 0.717) is 27.6 Å². The molecule has 204 valence electrons. The van der Waals surface area contributed by atoms with Crippen LogP contribution in [0.2, 0.25) is 0 Å². The second kappa shape index (κ2) is 12.7. The molecule has 0 aliphatic heterocycles. The van der Waals surface area contributed by atoms with Crippen molar-refractivity contribution >= 4 is 39.6 Å². The number of carbonyl (C=O) groups excluding carboxylic acids is 2. The van der Waals surface area contributed by atoms with E-state index in [-0.39, 0.29) is 10.8 Å². The first-order valence-electron chi connectivity index (χ1n) is 11.3. The Balaban J connectivity index is 0.000000353. The summed E-state index contributed by atoms with van der Waals surface area (Å²) < 4.78 is 49.7. The van der Waals surface area contributed by atoms with Gasteiger partial charge in [-0.3, -0.25) is 10.3 Å². The van der Waals surface area contributed by atoms with Gasteiger partial charge in [0.15, 0.2) is 5.13 Å². The molecular weight excluding hydrogens is 555 g/mol. The fraction of sp³-hybridized carbons (Fsp3) is 0.185. The Bertz CT molecular complexity index is 1410. The zero-order chi connectivity index (χ0) is 28.6. The summed E-state index contributed by atoms with van der Waals surface area (Å²) in [4.78, 5) is 31.0. The van der Waals surface area contributed by atoms with Gasteiger partial charge in [-0.1, -0.05) is 47.7 Å². The first-order chi connectivity index (χ1) is 18.4. The van der Waals surface area contributed by atoms with E-state index in [0.717, 1.165) is 25.2 Å². The molecule has 0 radical (unpaired) electrons. The van der Waals surface area contributed by atoms with Crippen molar-refractivity contribution < 1.29 is 32.2 Å². The number of hydrogen-bond acceptors (Lipinski definition) is 7. The number of nitrogens with zero attached hydrogens (tertiary/aromatic N) is 2. The molecule has 0 unspecified atom stereocenters. The van der Waals surface area contributed by atoms with Crippen LogP contribution in [0.1, 0.15) is 25.2 Å². The molecule has 0 fully saturated rings. The van der Waals surface area contributed by atoms with Gasteiger partial charge < -0.3 is 9.47 Å². The number of amides is 1. The van der Waals surface area contributed by atoms with E-state index in [1.54, 1.807) is 67.6 Å². The molecule has 4 aromatic rings. The molecular formula is C27H23ClF3N3O4S. The minimum Gasteiger partial charge on any atom is -0.415 e. The molecule has 2 heterocycles. The summed E-state index contributed by atoms with van der Waals surface area (Å²) in [6.07, 6.45) is -3.80. The first-order valence-corrected chi connectivity index (χ1v) is 12.5. The van der Waals surface area contributed by atoms with Crippen LogP contribution in [0.4, 0.5) is 27.9 Å². The number of hydrogen-bond donors (Lipinski definition) is 1. The number of ether oxygens (including phenoxy) is 2. The largest absolute Gasteiger partial charge is 0.418 e. The molecule has 7 nitrogen and oxygen atoms in total. The standard InChI is InChI=1S/C20H18F3N3O2S.C7H5ClO2/c1-12-16(13-9-10-24-15(11-13)19(2,3)20(21,22)23)29-17(25-12)26-18(27)28-14-7-5-4-6-8-14;8-7(9)10-6-4-2-1-3-5-6/h4-11H,1-3H3,(H,25,26,27);1-5H. The molecule has 0 bridgehead atoms. The average Bonchev–Trinajstić information content (AvgIpc) is 3.24. The SMILES string of the molecule is Cc1nc(NC(=O)Oc2ccccc2)sc1-c1ccnc(C(C)(C)C(F)(F)F)c1.O=C(Cl)Oc1ccccc1. The van der Waals surface area contributed by atoms with Gasteiger partial charge in [0.2, 0.25) is 0 Å². The van der Waals surface area contributed by atoms with Crippen LogP contribution in [0.3, 0.4) is 0 Å². The van der Waals surface area contributed by atoms with E-state index in [1.807, 2.05) is 6.07 Å². The Hall–Kier alpha value is -3.96. The van der Waals surface area contributed by atoms with Crippen molar-refractivity contribution in [2.45, 2.75) is 32.4 Å². The number of benzene rings is 2. The topological polar surface area (TPSA) is 90.4 Å². The third-order valence-corrected chi connectivity index (χ3v) is 6.47.